The molecule has 1 aliphatic heterocycles. The Hall–Kier alpha value is -3.01. The van der Waals surface area contributed by atoms with Crippen molar-refractivity contribution in [1.29, 1.82) is 0 Å². The number of halogens is 4. The Morgan fingerprint density at radius 2 is 1.92 bits per heavy atom. The van der Waals surface area contributed by atoms with Crippen LogP contribution >= 0.6 is 22.9 Å². The Morgan fingerprint density at radius 1 is 1.27 bits per heavy atom. The SMILES string of the molecule is Cc1noc(NS(=O)(=O)c2ccsc2C(Cc2ccc3c(c2)OCO3)N(C)C)c1Cl.O=C(O)C(F)(F)F. The number of sulfonamides is 1. The van der Waals surface area contributed by atoms with Crippen LogP contribution in [0.25, 0.3) is 0 Å². The summed E-state index contributed by atoms with van der Waals surface area (Å²) in [5.74, 6) is -1.44. The lowest BCUT2D eigenvalue weighted by atomic mass is 10.0. The third kappa shape index (κ3) is 6.85. The van der Waals surface area contributed by atoms with Crippen LogP contribution < -0.4 is 14.2 Å². The van der Waals surface area contributed by atoms with E-state index in [1.807, 2.05) is 37.2 Å². The van der Waals surface area contributed by atoms with Crippen LogP contribution in [-0.4, -0.2) is 56.6 Å². The molecule has 2 aromatic heterocycles. The fourth-order valence-corrected chi connectivity index (χ4v) is 6.03. The fraction of sp³-hybridized carbons (Fsp3) is 0.333. The summed E-state index contributed by atoms with van der Waals surface area (Å²) in [7, 11) is -0.0902. The molecule has 1 aliphatic rings. The second-order valence-electron chi connectivity index (χ2n) is 7.84. The summed E-state index contributed by atoms with van der Waals surface area (Å²) >= 11 is 7.45. The average molecular weight is 584 g/mol. The number of anilines is 1. The van der Waals surface area contributed by atoms with E-state index in [4.69, 9.17) is 35.5 Å². The molecule has 0 spiro atoms. The van der Waals surface area contributed by atoms with E-state index >= 15 is 0 Å². The maximum absolute atomic E-state index is 13.1. The van der Waals surface area contributed by atoms with Crippen LogP contribution in [0.5, 0.6) is 11.5 Å². The van der Waals surface area contributed by atoms with Crippen molar-refractivity contribution in [3.05, 3.63) is 50.8 Å². The third-order valence-corrected chi connectivity index (χ3v) is 7.98. The first-order valence-corrected chi connectivity index (χ1v) is 13.0. The molecule has 0 aliphatic carbocycles. The number of ether oxygens (including phenoxy) is 2. The highest BCUT2D eigenvalue weighted by Gasteiger charge is 2.38. The Labute approximate surface area is 218 Å². The van der Waals surface area contributed by atoms with E-state index in [1.54, 1.807) is 18.4 Å². The minimum absolute atomic E-state index is 0.0940. The van der Waals surface area contributed by atoms with Crippen molar-refractivity contribution in [2.75, 3.05) is 25.6 Å². The van der Waals surface area contributed by atoms with Gasteiger partial charge in [0.1, 0.15) is 15.6 Å². The molecular formula is C21H21ClF3N3O7S2. The molecule has 3 aromatic rings. The number of likely N-dealkylation sites (N-methyl/N-ethyl adjacent to an activating group) is 1. The zero-order chi connectivity index (χ0) is 27.5. The largest absolute Gasteiger partial charge is 0.490 e. The zero-order valence-corrected chi connectivity index (χ0v) is 21.9. The summed E-state index contributed by atoms with van der Waals surface area (Å²) in [6, 6.07) is 7.16. The third-order valence-electron chi connectivity index (χ3n) is 5.00. The molecule has 16 heteroatoms. The van der Waals surface area contributed by atoms with Crippen LogP contribution in [-0.2, 0) is 21.2 Å². The van der Waals surface area contributed by atoms with E-state index in [0.29, 0.717) is 28.5 Å². The maximum atomic E-state index is 13.1. The molecule has 1 aromatic carbocycles. The molecule has 0 fully saturated rings. The molecule has 202 valence electrons. The first-order valence-electron chi connectivity index (χ1n) is 10.3. The van der Waals surface area contributed by atoms with Gasteiger partial charge < -0.3 is 24.0 Å². The summed E-state index contributed by atoms with van der Waals surface area (Å²) in [5, 5.41) is 12.7. The number of carboxylic acids is 1. The highest BCUT2D eigenvalue weighted by atomic mass is 35.5. The topological polar surface area (TPSA) is 131 Å². The van der Waals surface area contributed by atoms with Gasteiger partial charge in [-0.3, -0.25) is 0 Å². The zero-order valence-electron chi connectivity index (χ0n) is 19.5. The Kier molecular flexibility index (Phi) is 8.62. The van der Waals surface area contributed by atoms with Gasteiger partial charge >= 0.3 is 12.1 Å². The molecule has 0 saturated carbocycles. The van der Waals surface area contributed by atoms with Gasteiger partial charge in [-0.05, 0) is 56.6 Å². The number of carbonyl (C=O) groups is 1. The highest BCUT2D eigenvalue weighted by molar-refractivity contribution is 7.93. The van der Waals surface area contributed by atoms with Gasteiger partial charge in [-0.1, -0.05) is 22.8 Å². The number of nitrogens with one attached hydrogen (secondary N) is 1. The van der Waals surface area contributed by atoms with Crippen molar-refractivity contribution in [2.45, 2.75) is 30.5 Å². The van der Waals surface area contributed by atoms with E-state index in [0.717, 1.165) is 5.56 Å². The Balaban J connectivity index is 0.000000479. The van der Waals surface area contributed by atoms with Gasteiger partial charge in [-0.2, -0.15) is 13.2 Å². The molecule has 2 N–H and O–H groups in total. The number of rotatable bonds is 7. The number of thiophene rings is 1. The summed E-state index contributed by atoms with van der Waals surface area (Å²) in [4.78, 5) is 11.8. The second-order valence-corrected chi connectivity index (χ2v) is 10.8. The number of hydrogen-bond acceptors (Lipinski definition) is 9. The van der Waals surface area contributed by atoms with Crippen molar-refractivity contribution >= 4 is 44.8 Å². The Morgan fingerprint density at radius 3 is 2.49 bits per heavy atom. The molecule has 0 bridgehead atoms. The average Bonchev–Trinajstić information content (AvgIpc) is 3.54. The summed E-state index contributed by atoms with van der Waals surface area (Å²) in [6.45, 7) is 1.84. The standard InChI is InChI=1S/C19H20ClN3O5S2.C2HF3O2/c1-11-17(20)19(28-21-11)22-30(24,25)16-6-7-29-18(16)13(23(2)3)8-12-4-5-14-15(9-12)27-10-26-14;3-2(4,5)1(6)7/h4-7,9,13,22H,8,10H2,1-3H3;(H,6,7). The molecule has 0 radical (unpaired) electrons. The van der Waals surface area contributed by atoms with Crippen LogP contribution in [0.4, 0.5) is 19.1 Å². The van der Waals surface area contributed by atoms with E-state index in [-0.39, 0.29) is 28.6 Å². The second kappa shape index (κ2) is 11.2. The van der Waals surface area contributed by atoms with Gasteiger partial charge in [0.2, 0.25) is 6.79 Å². The van der Waals surface area contributed by atoms with Crippen LogP contribution in [0.1, 0.15) is 22.2 Å². The molecule has 3 heterocycles. The van der Waals surface area contributed by atoms with Crippen LogP contribution in [0.3, 0.4) is 0 Å². The van der Waals surface area contributed by atoms with Crippen molar-refractivity contribution in [3.63, 3.8) is 0 Å². The fourth-order valence-electron chi connectivity index (χ4n) is 3.17. The molecule has 37 heavy (non-hydrogen) atoms. The monoisotopic (exact) mass is 583 g/mol. The van der Waals surface area contributed by atoms with Gasteiger partial charge in [0.25, 0.3) is 15.9 Å². The Bertz CT molecular complexity index is 1370. The number of hydrogen-bond donors (Lipinski definition) is 2. The first kappa shape index (κ1) is 28.6. The number of carboxylic acid groups (broad SMARTS) is 1. The molecule has 0 amide bonds. The van der Waals surface area contributed by atoms with Crippen LogP contribution in [0.2, 0.25) is 5.02 Å². The molecular weight excluding hydrogens is 563 g/mol. The number of aliphatic carboxylic acids is 1. The first-order chi connectivity index (χ1) is 17.2. The lowest BCUT2D eigenvalue weighted by Gasteiger charge is -2.25. The summed E-state index contributed by atoms with van der Waals surface area (Å²) in [6.07, 6.45) is -4.49. The molecule has 1 atom stereocenters. The maximum Gasteiger partial charge on any atom is 0.490 e. The number of aromatic nitrogens is 1. The van der Waals surface area contributed by atoms with Crippen LogP contribution in [0, 0.1) is 6.92 Å². The molecule has 4 rings (SSSR count). The van der Waals surface area contributed by atoms with E-state index in [2.05, 4.69) is 9.88 Å². The lowest BCUT2D eigenvalue weighted by molar-refractivity contribution is -0.192. The number of benzene rings is 1. The lowest BCUT2D eigenvalue weighted by Crippen LogP contribution is -2.24. The predicted octanol–water partition coefficient (Wildman–Crippen LogP) is 4.71. The number of alkyl halides is 3. The normalized spacial score (nSPS) is 13.7. The summed E-state index contributed by atoms with van der Waals surface area (Å²) < 4.78 is 76.1. The van der Waals surface area contributed by atoms with Gasteiger partial charge in [-0.25, -0.2) is 17.9 Å². The predicted molar refractivity (Wildman–Crippen MR) is 128 cm³/mol. The van der Waals surface area contributed by atoms with Crippen molar-refractivity contribution in [3.8, 4) is 11.5 Å². The van der Waals surface area contributed by atoms with E-state index in [1.165, 1.54) is 11.3 Å². The van der Waals surface area contributed by atoms with Crippen molar-refractivity contribution in [1.82, 2.24) is 10.1 Å². The molecule has 10 nitrogen and oxygen atoms in total. The van der Waals surface area contributed by atoms with Gasteiger partial charge in [0.15, 0.2) is 11.5 Å². The number of nitrogens with zero attached hydrogens (tertiary/aromatic N) is 2. The smallest absolute Gasteiger partial charge is 0.475 e. The summed E-state index contributed by atoms with van der Waals surface area (Å²) in [5.41, 5.74) is 1.42. The highest BCUT2D eigenvalue weighted by Crippen LogP contribution is 2.38. The van der Waals surface area contributed by atoms with E-state index in [9.17, 15) is 21.6 Å². The van der Waals surface area contributed by atoms with E-state index < -0.39 is 22.2 Å². The number of fused-ring (bicyclic) bond motifs is 1. The minimum atomic E-state index is -5.08. The van der Waals surface area contributed by atoms with Gasteiger partial charge in [0.05, 0.1) is 0 Å². The molecule has 0 saturated heterocycles. The number of aryl methyl sites for hydroxylation is 1. The quantitative estimate of drug-likeness (QED) is 0.406. The minimum Gasteiger partial charge on any atom is -0.475 e. The van der Waals surface area contributed by atoms with Crippen molar-refractivity contribution in [2.24, 2.45) is 0 Å². The van der Waals surface area contributed by atoms with Gasteiger partial charge in [0, 0.05) is 10.9 Å². The van der Waals surface area contributed by atoms with Crippen LogP contribution in [0.15, 0.2) is 39.1 Å². The van der Waals surface area contributed by atoms with Crippen molar-refractivity contribution < 1.29 is 45.5 Å². The van der Waals surface area contributed by atoms with Gasteiger partial charge in [-0.15, -0.1) is 11.3 Å². The molecule has 1 unspecified atom stereocenters.